The molecule has 0 aromatic heterocycles. The second kappa shape index (κ2) is 6.44. The van der Waals surface area contributed by atoms with Gasteiger partial charge in [0.25, 0.3) is 15.9 Å². The first-order valence-electron chi connectivity index (χ1n) is 9.43. The van der Waals surface area contributed by atoms with E-state index in [1.165, 1.54) is 6.07 Å². The minimum atomic E-state index is -3.87. The van der Waals surface area contributed by atoms with Crippen molar-refractivity contribution >= 4 is 21.6 Å². The number of nitrogens with zero attached hydrogens (tertiary/aromatic N) is 2. The summed E-state index contributed by atoms with van der Waals surface area (Å²) in [6.07, 6.45) is 0.757. The predicted octanol–water partition coefficient (Wildman–Crippen LogP) is 3.68. The highest BCUT2D eigenvalue weighted by atomic mass is 32.2. The Balaban J connectivity index is 2.11. The van der Waals surface area contributed by atoms with Crippen LogP contribution in [-0.2, 0) is 14.8 Å². The molecule has 1 aromatic carbocycles. The van der Waals surface area contributed by atoms with Gasteiger partial charge in [0.05, 0.1) is 10.9 Å². The van der Waals surface area contributed by atoms with Gasteiger partial charge in [0, 0.05) is 12.1 Å². The van der Waals surface area contributed by atoms with Crippen LogP contribution in [0.2, 0.25) is 0 Å². The van der Waals surface area contributed by atoms with E-state index in [-0.39, 0.29) is 33.3 Å². The summed E-state index contributed by atoms with van der Waals surface area (Å²) in [5, 5.41) is 11.1. The lowest BCUT2D eigenvalue weighted by Crippen LogP contribution is -2.45. The maximum Gasteiger partial charge on any atom is 0.283 e. The van der Waals surface area contributed by atoms with Crippen LogP contribution in [0, 0.1) is 10.8 Å². The van der Waals surface area contributed by atoms with Gasteiger partial charge in [0.2, 0.25) is 0 Å². The fourth-order valence-corrected chi connectivity index (χ4v) is 4.95. The molecule has 2 heterocycles. The molecule has 1 N–H and O–H groups in total. The summed E-state index contributed by atoms with van der Waals surface area (Å²) in [5.41, 5.74) is 0.00875. The number of carbonyl (C=O) groups is 1. The maximum atomic E-state index is 13.3. The van der Waals surface area contributed by atoms with Crippen molar-refractivity contribution in [2.75, 3.05) is 6.54 Å². The largest absolute Gasteiger partial charge is 0.509 e. The Morgan fingerprint density at radius 1 is 1.11 bits per heavy atom. The number of carbonyl (C=O) groups excluding carboxylic acids is 1. The fourth-order valence-electron chi connectivity index (χ4n) is 3.73. The molecule has 1 aromatic rings. The van der Waals surface area contributed by atoms with Crippen LogP contribution in [0.3, 0.4) is 0 Å². The Kier molecular flexibility index (Phi) is 4.73. The van der Waals surface area contributed by atoms with Crippen molar-refractivity contribution in [2.24, 2.45) is 15.2 Å². The quantitative estimate of drug-likeness (QED) is 0.832. The SMILES string of the molecule is CC(C)(C)CCN1C(=O)C(C2=NS(=O)(=O)c3ccccc32)=C(O)C1C(C)(C)C. The van der Waals surface area contributed by atoms with Crippen LogP contribution in [0.25, 0.3) is 0 Å². The average molecular weight is 405 g/mol. The van der Waals surface area contributed by atoms with Gasteiger partial charge in [-0.15, -0.1) is 0 Å². The number of hydrogen-bond acceptors (Lipinski definition) is 4. The van der Waals surface area contributed by atoms with Gasteiger partial charge in [-0.2, -0.15) is 12.8 Å². The van der Waals surface area contributed by atoms with Crippen molar-refractivity contribution in [1.82, 2.24) is 4.90 Å². The van der Waals surface area contributed by atoms with Crippen molar-refractivity contribution in [3.05, 3.63) is 41.2 Å². The zero-order chi connectivity index (χ0) is 21.1. The average Bonchev–Trinajstić information content (AvgIpc) is 2.95. The first kappa shape index (κ1) is 20.6. The van der Waals surface area contributed by atoms with Crippen LogP contribution in [-0.4, -0.2) is 42.6 Å². The molecule has 1 atom stereocenters. The van der Waals surface area contributed by atoms with Crippen molar-refractivity contribution in [1.29, 1.82) is 0 Å². The van der Waals surface area contributed by atoms with Gasteiger partial charge in [-0.25, -0.2) is 0 Å². The zero-order valence-corrected chi connectivity index (χ0v) is 18.1. The Bertz CT molecular complexity index is 992. The highest BCUT2D eigenvalue weighted by Gasteiger charge is 2.48. The molecule has 1 unspecified atom stereocenters. The lowest BCUT2D eigenvalue weighted by atomic mass is 9.84. The number of benzene rings is 1. The van der Waals surface area contributed by atoms with Crippen molar-refractivity contribution in [2.45, 2.75) is 58.9 Å². The molecule has 0 saturated carbocycles. The molecular weight excluding hydrogens is 376 g/mol. The van der Waals surface area contributed by atoms with Gasteiger partial charge in [-0.05, 0) is 23.3 Å². The molecule has 6 nitrogen and oxygen atoms in total. The Morgan fingerprint density at radius 2 is 1.71 bits per heavy atom. The molecule has 0 bridgehead atoms. The smallest absolute Gasteiger partial charge is 0.283 e. The van der Waals surface area contributed by atoms with E-state index in [2.05, 4.69) is 25.2 Å². The molecule has 0 fully saturated rings. The Morgan fingerprint density at radius 3 is 2.29 bits per heavy atom. The van der Waals surface area contributed by atoms with E-state index < -0.39 is 21.5 Å². The molecule has 1 amide bonds. The molecule has 2 aliphatic heterocycles. The number of aliphatic hydroxyl groups excluding tert-OH is 1. The number of fused-ring (bicyclic) bond motifs is 1. The summed E-state index contributed by atoms with van der Waals surface area (Å²) in [6, 6.07) is 5.88. The number of aliphatic hydroxyl groups is 1. The molecule has 0 aliphatic carbocycles. The molecule has 7 heteroatoms. The van der Waals surface area contributed by atoms with Crippen LogP contribution in [0.1, 0.15) is 53.5 Å². The Labute approximate surface area is 167 Å². The van der Waals surface area contributed by atoms with Gasteiger partial charge >= 0.3 is 0 Å². The maximum absolute atomic E-state index is 13.3. The minimum absolute atomic E-state index is 0.00218. The van der Waals surface area contributed by atoms with Crippen LogP contribution in [0.5, 0.6) is 0 Å². The molecule has 28 heavy (non-hydrogen) atoms. The number of hydrogen-bond donors (Lipinski definition) is 1. The normalized spacial score (nSPS) is 21.9. The van der Waals surface area contributed by atoms with Gasteiger partial charge in [0.15, 0.2) is 0 Å². The first-order valence-corrected chi connectivity index (χ1v) is 10.9. The van der Waals surface area contributed by atoms with Crippen LogP contribution >= 0.6 is 0 Å². The molecule has 0 saturated heterocycles. The Hall–Kier alpha value is -2.15. The van der Waals surface area contributed by atoms with Crippen LogP contribution in [0.15, 0.2) is 44.9 Å². The minimum Gasteiger partial charge on any atom is -0.509 e. The summed E-state index contributed by atoms with van der Waals surface area (Å²) < 4.78 is 28.7. The summed E-state index contributed by atoms with van der Waals surface area (Å²) in [6.45, 7) is 12.6. The number of rotatable bonds is 3. The van der Waals surface area contributed by atoms with E-state index in [4.69, 9.17) is 0 Å². The standard InChI is InChI=1S/C21H28N2O4S/c1-20(2,3)11-12-23-18(21(4,5)6)17(24)15(19(23)25)16-13-9-7-8-10-14(13)28(26,27)22-16/h7-10,18,24H,11-12H2,1-6H3. The number of sulfonamides is 1. The molecule has 3 rings (SSSR count). The van der Waals surface area contributed by atoms with E-state index in [0.717, 1.165) is 6.42 Å². The molecule has 2 aliphatic rings. The summed E-state index contributed by atoms with van der Waals surface area (Å²) in [5.74, 6) is -0.468. The molecule has 152 valence electrons. The van der Waals surface area contributed by atoms with Crippen LogP contribution < -0.4 is 0 Å². The summed E-state index contributed by atoms with van der Waals surface area (Å²) in [4.78, 5) is 15.1. The third-order valence-corrected chi connectivity index (χ3v) is 6.43. The second-order valence-corrected chi connectivity index (χ2v) is 11.3. The lowest BCUT2D eigenvalue weighted by molar-refractivity contribution is -0.128. The van der Waals surface area contributed by atoms with E-state index in [9.17, 15) is 18.3 Å². The zero-order valence-electron chi connectivity index (χ0n) is 17.3. The van der Waals surface area contributed by atoms with Gasteiger partial charge in [-0.3, -0.25) is 4.79 Å². The van der Waals surface area contributed by atoms with Crippen molar-refractivity contribution in [3.63, 3.8) is 0 Å². The highest BCUT2D eigenvalue weighted by molar-refractivity contribution is 7.90. The highest BCUT2D eigenvalue weighted by Crippen LogP contribution is 2.40. The van der Waals surface area contributed by atoms with Crippen molar-refractivity contribution in [3.8, 4) is 0 Å². The molecule has 0 spiro atoms. The number of amides is 1. The summed E-state index contributed by atoms with van der Waals surface area (Å²) in [7, 11) is -3.87. The van der Waals surface area contributed by atoms with E-state index in [1.807, 2.05) is 20.8 Å². The third-order valence-electron chi connectivity index (χ3n) is 5.09. The van der Waals surface area contributed by atoms with Crippen molar-refractivity contribution < 1.29 is 18.3 Å². The lowest BCUT2D eigenvalue weighted by Gasteiger charge is -2.36. The third kappa shape index (κ3) is 3.48. The van der Waals surface area contributed by atoms with Gasteiger partial charge in [0.1, 0.15) is 17.0 Å². The van der Waals surface area contributed by atoms with Gasteiger partial charge in [-0.1, -0.05) is 59.7 Å². The monoisotopic (exact) mass is 404 g/mol. The molecular formula is C21H28N2O4S. The fraction of sp³-hybridized carbons (Fsp3) is 0.524. The first-order chi connectivity index (χ1) is 12.7. The van der Waals surface area contributed by atoms with E-state index in [1.54, 1.807) is 23.1 Å². The van der Waals surface area contributed by atoms with E-state index >= 15 is 0 Å². The molecule has 0 radical (unpaired) electrons. The van der Waals surface area contributed by atoms with Gasteiger partial charge < -0.3 is 10.0 Å². The second-order valence-electron chi connectivity index (χ2n) is 9.75. The predicted molar refractivity (Wildman–Crippen MR) is 109 cm³/mol. The topological polar surface area (TPSA) is 87.0 Å². The van der Waals surface area contributed by atoms with E-state index in [0.29, 0.717) is 12.1 Å². The summed E-state index contributed by atoms with van der Waals surface area (Å²) >= 11 is 0. The van der Waals surface area contributed by atoms with Crippen LogP contribution in [0.4, 0.5) is 0 Å².